The Morgan fingerprint density at radius 1 is 0.947 bits per heavy atom. The first-order chi connectivity index (χ1) is 17.9. The van der Waals surface area contributed by atoms with Crippen molar-refractivity contribution in [3.63, 3.8) is 0 Å². The Morgan fingerprint density at radius 3 is 2.16 bits per heavy atom. The van der Waals surface area contributed by atoms with Crippen LogP contribution in [0.5, 0.6) is 0 Å². The number of nitrogens with zero attached hydrogens (tertiary/aromatic N) is 3. The van der Waals surface area contributed by atoms with E-state index in [-0.39, 0.29) is 0 Å². The largest absolute Gasteiger partial charge is 0.444 e. The fraction of sp³-hybridized carbons (Fsp3) is 0.345. The molecule has 0 spiro atoms. The van der Waals surface area contributed by atoms with Crippen LogP contribution in [-0.4, -0.2) is 26.3 Å². The third kappa shape index (κ3) is 6.70. The molecular formula is C29H33F3N4O2. The van der Waals surface area contributed by atoms with Gasteiger partial charge in [0.2, 0.25) is 0 Å². The molecule has 9 heteroatoms. The van der Waals surface area contributed by atoms with Gasteiger partial charge in [0.15, 0.2) is 5.65 Å². The summed E-state index contributed by atoms with van der Waals surface area (Å²) in [5.41, 5.74) is 0.834. The van der Waals surface area contributed by atoms with Crippen molar-refractivity contribution in [2.24, 2.45) is 0 Å². The van der Waals surface area contributed by atoms with E-state index in [2.05, 4.69) is 15.4 Å². The van der Waals surface area contributed by atoms with Gasteiger partial charge in [0.25, 0.3) is 0 Å². The Kier molecular flexibility index (Phi) is 8.49. The fourth-order valence-corrected chi connectivity index (χ4v) is 4.08. The monoisotopic (exact) mass is 526 g/mol. The normalized spacial score (nSPS) is 13.3. The van der Waals surface area contributed by atoms with E-state index >= 15 is 0 Å². The third-order valence-electron chi connectivity index (χ3n) is 5.67. The minimum atomic E-state index is -4.42. The molecule has 38 heavy (non-hydrogen) atoms. The number of hydrogen-bond donors (Lipinski definition) is 1. The number of fused-ring (bicyclic) bond motifs is 1. The number of alkyl carbamates (subject to hydrolysis) is 1. The van der Waals surface area contributed by atoms with Gasteiger partial charge in [-0.3, -0.25) is 0 Å². The number of ether oxygens (including phenoxy) is 1. The maximum absolute atomic E-state index is 13.0. The van der Waals surface area contributed by atoms with Gasteiger partial charge in [-0.05, 0) is 57.0 Å². The van der Waals surface area contributed by atoms with Gasteiger partial charge in [0.1, 0.15) is 5.60 Å². The number of carbonyl (C=O) groups excluding carboxylic acids is 1. The van der Waals surface area contributed by atoms with Gasteiger partial charge in [0.05, 0.1) is 23.0 Å². The summed E-state index contributed by atoms with van der Waals surface area (Å²) >= 11 is 0. The fourth-order valence-electron chi connectivity index (χ4n) is 4.08. The molecule has 1 N–H and O–H groups in total. The van der Waals surface area contributed by atoms with Gasteiger partial charge in [-0.25, -0.2) is 14.3 Å². The van der Waals surface area contributed by atoms with Crippen molar-refractivity contribution in [2.75, 3.05) is 0 Å². The second-order valence-electron chi connectivity index (χ2n) is 9.82. The van der Waals surface area contributed by atoms with Gasteiger partial charge >= 0.3 is 12.3 Å². The summed E-state index contributed by atoms with van der Waals surface area (Å²) in [6.45, 7) is 11.2. The molecule has 0 fully saturated rings. The van der Waals surface area contributed by atoms with Crippen LogP contribution in [0.1, 0.15) is 58.4 Å². The summed E-state index contributed by atoms with van der Waals surface area (Å²) in [5, 5.41) is 7.50. The molecule has 1 atom stereocenters. The maximum Gasteiger partial charge on any atom is 0.416 e. The number of carbonyl (C=O) groups is 1. The predicted octanol–water partition coefficient (Wildman–Crippen LogP) is 7.42. The number of rotatable bonds is 5. The smallest absolute Gasteiger partial charge is 0.416 e. The molecule has 0 radical (unpaired) electrons. The Bertz CT molecular complexity index is 1360. The maximum atomic E-state index is 13.0. The van der Waals surface area contributed by atoms with Gasteiger partial charge < -0.3 is 10.1 Å². The molecular weight excluding hydrogens is 493 g/mol. The van der Waals surface area contributed by atoms with Crippen molar-refractivity contribution >= 4 is 11.7 Å². The van der Waals surface area contributed by atoms with Crippen molar-refractivity contribution in [1.82, 2.24) is 19.9 Å². The third-order valence-corrected chi connectivity index (χ3v) is 5.67. The second kappa shape index (κ2) is 11.2. The molecule has 1 amide bonds. The Balaban J connectivity index is 0.00000195. The van der Waals surface area contributed by atoms with Crippen molar-refractivity contribution in [1.29, 1.82) is 0 Å². The lowest BCUT2D eigenvalue weighted by atomic mass is 9.89. The summed E-state index contributed by atoms with van der Waals surface area (Å²) in [6, 6.07) is 16.3. The van der Waals surface area contributed by atoms with Gasteiger partial charge in [-0.15, -0.1) is 0 Å². The van der Waals surface area contributed by atoms with Crippen LogP contribution >= 0.6 is 0 Å². The van der Waals surface area contributed by atoms with Gasteiger partial charge in [-0.1, -0.05) is 56.3 Å². The zero-order valence-electron chi connectivity index (χ0n) is 22.4. The molecule has 4 rings (SSSR count). The SMILES string of the molecule is CC.CC(C)(C)OC(=O)NC(C)(Cc1ccccc1)c1ccnc2c(-c3ccc(C(F)(F)F)cc3)cnn12. The molecule has 0 saturated carbocycles. The first kappa shape index (κ1) is 28.7. The lowest BCUT2D eigenvalue weighted by molar-refractivity contribution is -0.137. The number of halogens is 3. The number of benzene rings is 2. The second-order valence-corrected chi connectivity index (χ2v) is 9.82. The van der Waals surface area contributed by atoms with E-state index in [1.807, 2.05) is 51.1 Å². The van der Waals surface area contributed by atoms with Crippen molar-refractivity contribution in [3.8, 4) is 11.1 Å². The van der Waals surface area contributed by atoms with Crippen LogP contribution in [0.15, 0.2) is 73.1 Å². The van der Waals surface area contributed by atoms with E-state index in [1.165, 1.54) is 12.1 Å². The number of hydrogen-bond acceptors (Lipinski definition) is 4. The van der Waals surface area contributed by atoms with Crippen LogP contribution in [0.25, 0.3) is 16.8 Å². The molecule has 0 bridgehead atoms. The van der Waals surface area contributed by atoms with Gasteiger partial charge in [-0.2, -0.15) is 18.3 Å². The highest BCUT2D eigenvalue weighted by molar-refractivity contribution is 5.77. The zero-order chi connectivity index (χ0) is 28.1. The topological polar surface area (TPSA) is 68.5 Å². The van der Waals surface area contributed by atoms with Crippen LogP contribution in [0.2, 0.25) is 0 Å². The minimum absolute atomic E-state index is 0.432. The van der Waals surface area contributed by atoms with Crippen LogP contribution < -0.4 is 5.32 Å². The highest BCUT2D eigenvalue weighted by Gasteiger charge is 2.34. The average molecular weight is 527 g/mol. The Hall–Kier alpha value is -3.88. The molecule has 0 aliphatic rings. The van der Waals surface area contributed by atoms with E-state index in [9.17, 15) is 18.0 Å². The minimum Gasteiger partial charge on any atom is -0.444 e. The van der Waals surface area contributed by atoms with Gasteiger partial charge in [0, 0.05) is 18.2 Å². The van der Waals surface area contributed by atoms with E-state index in [0.29, 0.717) is 28.9 Å². The number of aromatic nitrogens is 3. The predicted molar refractivity (Wildman–Crippen MR) is 142 cm³/mol. The molecule has 2 heterocycles. The number of alkyl halides is 3. The summed E-state index contributed by atoms with van der Waals surface area (Å²) in [7, 11) is 0. The summed E-state index contributed by atoms with van der Waals surface area (Å²) in [6.07, 6.45) is -1.41. The Morgan fingerprint density at radius 2 is 1.58 bits per heavy atom. The summed E-state index contributed by atoms with van der Waals surface area (Å²) in [5.74, 6) is 0. The lowest BCUT2D eigenvalue weighted by Crippen LogP contribution is -2.48. The van der Waals surface area contributed by atoms with Crippen LogP contribution in [0.3, 0.4) is 0 Å². The van der Waals surface area contributed by atoms with Crippen LogP contribution in [0.4, 0.5) is 18.0 Å². The summed E-state index contributed by atoms with van der Waals surface area (Å²) in [4.78, 5) is 17.3. The molecule has 0 aliphatic heterocycles. The molecule has 202 valence electrons. The Labute approximate surface area is 220 Å². The molecule has 1 unspecified atom stereocenters. The first-order valence-electron chi connectivity index (χ1n) is 12.4. The van der Waals surface area contributed by atoms with E-state index in [1.54, 1.807) is 43.7 Å². The van der Waals surface area contributed by atoms with Crippen LogP contribution in [-0.2, 0) is 22.9 Å². The molecule has 2 aromatic heterocycles. The molecule has 2 aromatic carbocycles. The van der Waals surface area contributed by atoms with E-state index in [0.717, 1.165) is 17.7 Å². The highest BCUT2D eigenvalue weighted by atomic mass is 19.4. The van der Waals surface area contributed by atoms with E-state index in [4.69, 9.17) is 4.74 Å². The van der Waals surface area contributed by atoms with Crippen molar-refractivity contribution in [2.45, 2.75) is 65.3 Å². The zero-order valence-corrected chi connectivity index (χ0v) is 22.4. The standard InChI is InChI=1S/C27H27F3N4O2.C2H6/c1-25(2,3)36-24(35)33-26(4,16-18-8-6-5-7-9-18)22-14-15-31-23-21(17-32-34(22)23)19-10-12-20(13-11-19)27(28,29)30;1-2/h5-15,17H,16H2,1-4H3,(H,33,35);1-2H3. The highest BCUT2D eigenvalue weighted by Crippen LogP contribution is 2.33. The van der Waals surface area contributed by atoms with Crippen molar-refractivity contribution in [3.05, 3.63) is 89.9 Å². The van der Waals surface area contributed by atoms with Crippen LogP contribution in [0, 0.1) is 0 Å². The number of nitrogens with one attached hydrogen (secondary N) is 1. The van der Waals surface area contributed by atoms with E-state index < -0.39 is 29.0 Å². The molecule has 0 aliphatic carbocycles. The number of amides is 1. The quantitative estimate of drug-likeness (QED) is 0.294. The molecule has 0 saturated heterocycles. The van der Waals surface area contributed by atoms with Crippen molar-refractivity contribution < 1.29 is 22.7 Å². The molecule has 6 nitrogen and oxygen atoms in total. The molecule has 4 aromatic rings. The average Bonchev–Trinajstić information content (AvgIpc) is 3.28. The summed E-state index contributed by atoms with van der Waals surface area (Å²) < 4.78 is 46.2. The lowest BCUT2D eigenvalue weighted by Gasteiger charge is -2.32. The first-order valence-corrected chi connectivity index (χ1v) is 12.4.